The highest BCUT2D eigenvalue weighted by Gasteiger charge is 2.11. The van der Waals surface area contributed by atoms with Gasteiger partial charge in [-0.3, -0.25) is 0 Å². The second-order valence-electron chi connectivity index (χ2n) is 5.15. The van der Waals surface area contributed by atoms with Gasteiger partial charge >= 0.3 is 0 Å². The van der Waals surface area contributed by atoms with E-state index in [1.807, 2.05) is 0 Å². The van der Waals surface area contributed by atoms with E-state index in [0.717, 1.165) is 18.7 Å². The Kier molecular flexibility index (Phi) is 3.62. The van der Waals surface area contributed by atoms with Crippen molar-refractivity contribution in [1.82, 2.24) is 9.88 Å². The van der Waals surface area contributed by atoms with Crippen LogP contribution in [0.1, 0.15) is 16.8 Å². The number of methoxy groups -OCH3 is 1. The number of rotatable bonds is 4. The second kappa shape index (κ2) is 5.02. The number of H-pyrrole nitrogens is 1. The molecule has 0 saturated heterocycles. The molecule has 0 bridgehead atoms. The van der Waals surface area contributed by atoms with E-state index in [2.05, 4.69) is 50.0 Å². The monoisotopic (exact) mass is 246 g/mol. The maximum Gasteiger partial charge on any atom is 0.119 e. The van der Waals surface area contributed by atoms with Crippen LogP contribution < -0.4 is 4.74 Å². The van der Waals surface area contributed by atoms with E-state index < -0.39 is 0 Å². The van der Waals surface area contributed by atoms with Crippen molar-refractivity contribution in [3.8, 4) is 5.75 Å². The fourth-order valence-electron chi connectivity index (χ4n) is 2.40. The summed E-state index contributed by atoms with van der Waals surface area (Å²) in [6, 6.07) is 4.21. The summed E-state index contributed by atoms with van der Waals surface area (Å²) in [5, 5.41) is 1.30. The lowest BCUT2D eigenvalue weighted by molar-refractivity contribution is 0.413. The molecule has 0 aliphatic rings. The number of fused-ring (bicyclic) bond motifs is 1. The predicted molar refractivity (Wildman–Crippen MR) is 76.6 cm³/mol. The number of likely N-dealkylation sites (N-methyl/N-ethyl adjacent to an activating group) is 1. The Morgan fingerprint density at radius 1 is 1.22 bits per heavy atom. The second-order valence-corrected chi connectivity index (χ2v) is 5.15. The minimum absolute atomic E-state index is 0.935. The molecule has 2 aromatic rings. The standard InChI is InChI=1S/C15H22N2O/c1-10-8-12(18-5)9-14-13(6-7-17(3)4)11(2)16-15(10)14/h8-9,16H,6-7H2,1-5H3. The van der Waals surface area contributed by atoms with Gasteiger partial charge in [0.15, 0.2) is 0 Å². The summed E-state index contributed by atoms with van der Waals surface area (Å²) in [5.41, 5.74) is 5.15. The van der Waals surface area contributed by atoms with Gasteiger partial charge in [0, 0.05) is 23.1 Å². The Hall–Kier alpha value is -1.48. The summed E-state index contributed by atoms with van der Waals surface area (Å²) >= 11 is 0. The van der Waals surface area contributed by atoms with Crippen LogP contribution >= 0.6 is 0 Å². The number of aryl methyl sites for hydroxylation is 2. The number of aromatic nitrogens is 1. The number of hydrogen-bond donors (Lipinski definition) is 1. The predicted octanol–water partition coefficient (Wildman–Crippen LogP) is 2.90. The molecule has 0 unspecified atom stereocenters. The molecule has 0 aliphatic heterocycles. The first kappa shape index (κ1) is 13.0. The highest BCUT2D eigenvalue weighted by molar-refractivity contribution is 5.88. The van der Waals surface area contributed by atoms with E-state index in [4.69, 9.17) is 4.74 Å². The molecule has 1 aromatic heterocycles. The van der Waals surface area contributed by atoms with Gasteiger partial charge < -0.3 is 14.6 Å². The molecule has 0 radical (unpaired) electrons. The van der Waals surface area contributed by atoms with Crippen molar-refractivity contribution in [1.29, 1.82) is 0 Å². The van der Waals surface area contributed by atoms with Crippen LogP contribution in [-0.4, -0.2) is 37.6 Å². The summed E-state index contributed by atoms with van der Waals surface area (Å²) in [6.07, 6.45) is 1.06. The van der Waals surface area contributed by atoms with Crippen LogP contribution in [0.3, 0.4) is 0 Å². The van der Waals surface area contributed by atoms with Crippen LogP contribution in [0.5, 0.6) is 5.75 Å². The molecule has 0 saturated carbocycles. The van der Waals surface area contributed by atoms with E-state index in [-0.39, 0.29) is 0 Å². The zero-order chi connectivity index (χ0) is 13.3. The molecule has 1 N–H and O–H groups in total. The summed E-state index contributed by atoms with van der Waals surface area (Å²) < 4.78 is 5.37. The third-order valence-corrected chi connectivity index (χ3v) is 3.44. The van der Waals surface area contributed by atoms with Gasteiger partial charge in [0.2, 0.25) is 0 Å². The topological polar surface area (TPSA) is 28.3 Å². The Morgan fingerprint density at radius 3 is 2.56 bits per heavy atom. The van der Waals surface area contributed by atoms with E-state index in [1.54, 1.807) is 7.11 Å². The van der Waals surface area contributed by atoms with Crippen molar-refractivity contribution in [2.45, 2.75) is 20.3 Å². The van der Waals surface area contributed by atoms with E-state index in [9.17, 15) is 0 Å². The van der Waals surface area contributed by atoms with Crippen LogP contribution in [0.4, 0.5) is 0 Å². The van der Waals surface area contributed by atoms with Crippen LogP contribution in [0.15, 0.2) is 12.1 Å². The SMILES string of the molecule is COc1cc(C)c2[nH]c(C)c(CCN(C)C)c2c1. The normalized spacial score (nSPS) is 11.4. The number of ether oxygens (including phenoxy) is 1. The van der Waals surface area contributed by atoms with Gasteiger partial charge in [-0.1, -0.05) is 0 Å². The van der Waals surface area contributed by atoms with Gasteiger partial charge in [0.05, 0.1) is 7.11 Å². The first-order valence-electron chi connectivity index (χ1n) is 6.33. The van der Waals surface area contributed by atoms with Crippen molar-refractivity contribution in [3.63, 3.8) is 0 Å². The minimum Gasteiger partial charge on any atom is -0.497 e. The van der Waals surface area contributed by atoms with Crippen LogP contribution in [0.25, 0.3) is 10.9 Å². The van der Waals surface area contributed by atoms with Crippen molar-refractivity contribution in [2.75, 3.05) is 27.7 Å². The van der Waals surface area contributed by atoms with Gasteiger partial charge in [-0.25, -0.2) is 0 Å². The number of aromatic amines is 1. The number of nitrogens with zero attached hydrogens (tertiary/aromatic N) is 1. The van der Waals surface area contributed by atoms with Crippen LogP contribution in [-0.2, 0) is 6.42 Å². The zero-order valence-corrected chi connectivity index (χ0v) is 11.9. The molecule has 3 heteroatoms. The molecular weight excluding hydrogens is 224 g/mol. The largest absolute Gasteiger partial charge is 0.497 e. The number of nitrogens with one attached hydrogen (secondary N) is 1. The summed E-state index contributed by atoms with van der Waals surface area (Å²) in [5.74, 6) is 0.935. The quantitative estimate of drug-likeness (QED) is 0.898. The lowest BCUT2D eigenvalue weighted by Crippen LogP contribution is -2.15. The van der Waals surface area contributed by atoms with Gasteiger partial charge in [-0.15, -0.1) is 0 Å². The molecule has 2 rings (SSSR count). The molecule has 1 heterocycles. The third kappa shape index (κ3) is 2.36. The van der Waals surface area contributed by atoms with Gasteiger partial charge in [0.1, 0.15) is 5.75 Å². The maximum absolute atomic E-state index is 5.37. The molecule has 3 nitrogen and oxygen atoms in total. The number of benzene rings is 1. The van der Waals surface area contributed by atoms with Crippen molar-refractivity contribution >= 4 is 10.9 Å². The molecular formula is C15H22N2O. The fourth-order valence-corrected chi connectivity index (χ4v) is 2.40. The Morgan fingerprint density at radius 2 is 1.94 bits per heavy atom. The van der Waals surface area contributed by atoms with Gasteiger partial charge in [-0.05, 0) is 57.6 Å². The first-order valence-corrected chi connectivity index (χ1v) is 6.33. The molecule has 0 amide bonds. The lowest BCUT2D eigenvalue weighted by Gasteiger charge is -2.10. The van der Waals surface area contributed by atoms with Crippen molar-refractivity contribution in [3.05, 3.63) is 29.0 Å². The molecule has 0 fully saturated rings. The summed E-state index contributed by atoms with van der Waals surface area (Å²) in [6.45, 7) is 5.33. The highest BCUT2D eigenvalue weighted by Crippen LogP contribution is 2.29. The highest BCUT2D eigenvalue weighted by atomic mass is 16.5. The van der Waals surface area contributed by atoms with Crippen LogP contribution in [0, 0.1) is 13.8 Å². The molecule has 0 spiro atoms. The van der Waals surface area contributed by atoms with E-state index >= 15 is 0 Å². The number of hydrogen-bond acceptors (Lipinski definition) is 2. The van der Waals surface area contributed by atoms with Crippen molar-refractivity contribution < 1.29 is 4.74 Å². The molecule has 0 atom stereocenters. The minimum atomic E-state index is 0.935. The smallest absolute Gasteiger partial charge is 0.119 e. The third-order valence-electron chi connectivity index (χ3n) is 3.44. The molecule has 98 valence electrons. The average molecular weight is 246 g/mol. The van der Waals surface area contributed by atoms with Gasteiger partial charge in [-0.2, -0.15) is 0 Å². The zero-order valence-electron chi connectivity index (χ0n) is 11.9. The van der Waals surface area contributed by atoms with E-state index in [1.165, 1.54) is 27.7 Å². The Balaban J connectivity index is 2.51. The average Bonchev–Trinajstić information content (AvgIpc) is 2.63. The van der Waals surface area contributed by atoms with Crippen molar-refractivity contribution in [2.24, 2.45) is 0 Å². The molecule has 1 aromatic carbocycles. The van der Waals surface area contributed by atoms with E-state index in [0.29, 0.717) is 0 Å². The molecule has 0 aliphatic carbocycles. The Bertz CT molecular complexity index is 555. The van der Waals surface area contributed by atoms with Gasteiger partial charge in [0.25, 0.3) is 0 Å². The lowest BCUT2D eigenvalue weighted by atomic mass is 10.1. The molecule has 18 heavy (non-hydrogen) atoms. The van der Waals surface area contributed by atoms with Crippen LogP contribution in [0.2, 0.25) is 0 Å². The maximum atomic E-state index is 5.37. The Labute approximate surface area is 109 Å². The summed E-state index contributed by atoms with van der Waals surface area (Å²) in [4.78, 5) is 5.71. The fraction of sp³-hybridized carbons (Fsp3) is 0.467. The summed E-state index contributed by atoms with van der Waals surface area (Å²) in [7, 11) is 5.94. The first-order chi connectivity index (χ1) is 8.52.